The van der Waals surface area contributed by atoms with Gasteiger partial charge < -0.3 is 4.74 Å². The normalized spacial score (nSPS) is 10.6. The molecule has 0 bridgehead atoms. The van der Waals surface area contributed by atoms with E-state index in [0.29, 0.717) is 11.8 Å². The second kappa shape index (κ2) is 5.44. The Morgan fingerprint density at radius 2 is 1.94 bits per heavy atom. The van der Waals surface area contributed by atoms with Crippen molar-refractivity contribution in [3.63, 3.8) is 0 Å². The summed E-state index contributed by atoms with van der Waals surface area (Å²) in [6.45, 7) is 4.19. The molecule has 4 heteroatoms. The molecule has 0 amide bonds. The van der Waals surface area contributed by atoms with E-state index in [1.807, 2.05) is 30.3 Å². The Labute approximate surface area is 114 Å². The molecule has 0 N–H and O–H groups in total. The number of para-hydroxylation sites is 1. The van der Waals surface area contributed by atoms with Gasteiger partial charge in [0.2, 0.25) is 5.88 Å². The van der Waals surface area contributed by atoms with Gasteiger partial charge in [-0.2, -0.15) is 0 Å². The van der Waals surface area contributed by atoms with Crippen LogP contribution in [0.25, 0.3) is 0 Å². The number of nitrogens with zero attached hydrogens (tertiary/aromatic N) is 2. The third kappa shape index (κ3) is 3.15. The lowest BCUT2D eigenvalue weighted by Gasteiger charge is -2.08. The van der Waals surface area contributed by atoms with Gasteiger partial charge >= 0.3 is 0 Å². The molecule has 0 fully saturated rings. The minimum Gasteiger partial charge on any atom is -0.438 e. The van der Waals surface area contributed by atoms with Crippen LogP contribution in [-0.4, -0.2) is 9.97 Å². The van der Waals surface area contributed by atoms with Crippen LogP contribution in [0, 0.1) is 3.57 Å². The maximum absolute atomic E-state index is 5.74. The van der Waals surface area contributed by atoms with E-state index in [-0.39, 0.29) is 0 Å². The summed E-state index contributed by atoms with van der Waals surface area (Å²) in [5.74, 6) is 1.78. The molecule has 2 aromatic rings. The van der Waals surface area contributed by atoms with E-state index < -0.39 is 0 Å². The van der Waals surface area contributed by atoms with Crippen LogP contribution >= 0.6 is 22.6 Å². The molecule has 0 unspecified atom stereocenters. The largest absolute Gasteiger partial charge is 0.438 e. The maximum atomic E-state index is 5.74. The highest BCUT2D eigenvalue weighted by atomic mass is 127. The lowest BCUT2D eigenvalue weighted by molar-refractivity contribution is 0.456. The van der Waals surface area contributed by atoms with Crippen molar-refractivity contribution in [3.8, 4) is 11.6 Å². The SMILES string of the molecule is CC(C)c1cc(Oc2ccccc2I)ncn1. The predicted octanol–water partition coefficient (Wildman–Crippen LogP) is 4.00. The summed E-state index contributed by atoms with van der Waals surface area (Å²) in [6.07, 6.45) is 1.54. The quantitative estimate of drug-likeness (QED) is 0.793. The summed E-state index contributed by atoms with van der Waals surface area (Å²) in [4.78, 5) is 8.33. The number of rotatable bonds is 3. The standard InChI is InChI=1S/C13H13IN2O/c1-9(2)11-7-13(16-8-15-11)17-12-6-4-3-5-10(12)14/h3-9H,1-2H3. The minimum absolute atomic E-state index is 0.371. The number of halogens is 1. The third-order valence-corrected chi connectivity index (χ3v) is 3.20. The van der Waals surface area contributed by atoms with Gasteiger partial charge in [-0.05, 0) is 40.6 Å². The van der Waals surface area contributed by atoms with E-state index in [9.17, 15) is 0 Å². The van der Waals surface area contributed by atoms with Crippen molar-refractivity contribution >= 4 is 22.6 Å². The zero-order valence-electron chi connectivity index (χ0n) is 9.72. The van der Waals surface area contributed by atoms with Crippen LogP contribution in [0.15, 0.2) is 36.7 Å². The summed E-state index contributed by atoms with van der Waals surface area (Å²) in [5.41, 5.74) is 0.987. The molecule has 2 rings (SSSR count). The Hall–Kier alpha value is -1.17. The first-order valence-electron chi connectivity index (χ1n) is 5.41. The van der Waals surface area contributed by atoms with Crippen LogP contribution in [-0.2, 0) is 0 Å². The maximum Gasteiger partial charge on any atom is 0.222 e. The van der Waals surface area contributed by atoms with Gasteiger partial charge in [-0.3, -0.25) is 0 Å². The van der Waals surface area contributed by atoms with Crippen LogP contribution < -0.4 is 4.74 Å². The van der Waals surface area contributed by atoms with Crippen LogP contribution in [0.5, 0.6) is 11.6 Å². The topological polar surface area (TPSA) is 35.0 Å². The van der Waals surface area contributed by atoms with E-state index in [1.165, 1.54) is 0 Å². The lowest BCUT2D eigenvalue weighted by atomic mass is 10.1. The highest BCUT2D eigenvalue weighted by molar-refractivity contribution is 14.1. The number of benzene rings is 1. The molecule has 1 aromatic carbocycles. The first-order chi connectivity index (χ1) is 8.16. The average molecular weight is 340 g/mol. The van der Waals surface area contributed by atoms with Gasteiger partial charge in [0.25, 0.3) is 0 Å². The van der Waals surface area contributed by atoms with Gasteiger partial charge in [0.1, 0.15) is 12.1 Å². The Morgan fingerprint density at radius 1 is 1.18 bits per heavy atom. The Balaban J connectivity index is 2.25. The molecule has 0 radical (unpaired) electrons. The molecule has 0 aliphatic heterocycles. The van der Waals surface area contributed by atoms with Gasteiger partial charge in [-0.1, -0.05) is 26.0 Å². The van der Waals surface area contributed by atoms with Crippen LogP contribution in [0.4, 0.5) is 0 Å². The molecule has 0 aliphatic rings. The molecule has 0 saturated heterocycles. The molecule has 0 atom stereocenters. The van der Waals surface area contributed by atoms with Crippen LogP contribution in [0.1, 0.15) is 25.5 Å². The highest BCUT2D eigenvalue weighted by Gasteiger charge is 2.06. The molecule has 1 aromatic heterocycles. The minimum atomic E-state index is 0.371. The van der Waals surface area contributed by atoms with Crippen molar-refractivity contribution in [2.24, 2.45) is 0 Å². The van der Waals surface area contributed by atoms with Crippen molar-refractivity contribution in [3.05, 3.63) is 45.9 Å². The molecular weight excluding hydrogens is 327 g/mol. The van der Waals surface area contributed by atoms with Gasteiger partial charge in [0.15, 0.2) is 0 Å². The van der Waals surface area contributed by atoms with Gasteiger partial charge in [-0.15, -0.1) is 0 Å². The van der Waals surface area contributed by atoms with Crippen molar-refractivity contribution in [2.45, 2.75) is 19.8 Å². The van der Waals surface area contributed by atoms with E-state index in [1.54, 1.807) is 6.33 Å². The molecular formula is C13H13IN2O. The smallest absolute Gasteiger partial charge is 0.222 e. The molecule has 1 heterocycles. The Kier molecular flexibility index (Phi) is 3.93. The van der Waals surface area contributed by atoms with Crippen LogP contribution in [0.2, 0.25) is 0 Å². The Bertz CT molecular complexity index is 514. The molecule has 3 nitrogen and oxygen atoms in total. The summed E-state index contributed by atoms with van der Waals surface area (Å²) >= 11 is 2.24. The monoisotopic (exact) mass is 340 g/mol. The van der Waals surface area contributed by atoms with Gasteiger partial charge in [0, 0.05) is 6.07 Å². The van der Waals surface area contributed by atoms with Crippen molar-refractivity contribution in [1.82, 2.24) is 9.97 Å². The fourth-order valence-electron chi connectivity index (χ4n) is 1.37. The number of aromatic nitrogens is 2. The van der Waals surface area contributed by atoms with Gasteiger partial charge in [-0.25, -0.2) is 9.97 Å². The second-order valence-electron chi connectivity index (χ2n) is 3.97. The summed E-state index contributed by atoms with van der Waals surface area (Å²) in [6, 6.07) is 9.74. The van der Waals surface area contributed by atoms with Crippen LogP contribution in [0.3, 0.4) is 0 Å². The second-order valence-corrected chi connectivity index (χ2v) is 5.13. The highest BCUT2D eigenvalue weighted by Crippen LogP contribution is 2.25. The Morgan fingerprint density at radius 3 is 2.65 bits per heavy atom. The molecule has 0 saturated carbocycles. The fraction of sp³-hybridized carbons (Fsp3) is 0.231. The van der Waals surface area contributed by atoms with Gasteiger partial charge in [0.05, 0.1) is 9.26 Å². The number of hydrogen-bond acceptors (Lipinski definition) is 3. The number of hydrogen-bond donors (Lipinski definition) is 0. The fourth-order valence-corrected chi connectivity index (χ4v) is 1.86. The van der Waals surface area contributed by atoms with E-state index in [4.69, 9.17) is 4.74 Å². The van der Waals surface area contributed by atoms with E-state index >= 15 is 0 Å². The molecule has 88 valence electrons. The summed E-state index contributed by atoms with van der Waals surface area (Å²) in [5, 5.41) is 0. The molecule has 17 heavy (non-hydrogen) atoms. The van der Waals surface area contributed by atoms with E-state index in [2.05, 4.69) is 46.4 Å². The first kappa shape index (κ1) is 12.3. The predicted molar refractivity (Wildman–Crippen MR) is 75.4 cm³/mol. The first-order valence-corrected chi connectivity index (χ1v) is 6.49. The summed E-state index contributed by atoms with van der Waals surface area (Å²) < 4.78 is 6.81. The van der Waals surface area contributed by atoms with Crippen molar-refractivity contribution < 1.29 is 4.74 Å². The van der Waals surface area contributed by atoms with Crippen molar-refractivity contribution in [1.29, 1.82) is 0 Å². The average Bonchev–Trinajstić information content (AvgIpc) is 2.32. The molecule has 0 spiro atoms. The van der Waals surface area contributed by atoms with E-state index in [0.717, 1.165) is 15.0 Å². The third-order valence-electron chi connectivity index (χ3n) is 2.31. The zero-order valence-corrected chi connectivity index (χ0v) is 11.9. The van der Waals surface area contributed by atoms with Crippen molar-refractivity contribution in [2.75, 3.05) is 0 Å². The summed E-state index contributed by atoms with van der Waals surface area (Å²) in [7, 11) is 0. The zero-order chi connectivity index (χ0) is 12.3. The number of ether oxygens (including phenoxy) is 1. The lowest BCUT2D eigenvalue weighted by Crippen LogP contribution is -1.96. The molecule has 0 aliphatic carbocycles.